The molecule has 0 fully saturated rings. The van der Waals surface area contributed by atoms with E-state index in [0.717, 1.165) is 25.7 Å². The summed E-state index contributed by atoms with van der Waals surface area (Å²) in [6, 6.07) is 0. The van der Waals surface area contributed by atoms with Gasteiger partial charge in [0.25, 0.3) is 0 Å². The van der Waals surface area contributed by atoms with Gasteiger partial charge in [0.15, 0.2) is 0 Å². The van der Waals surface area contributed by atoms with E-state index in [1.807, 2.05) is 0 Å². The largest absolute Gasteiger partial charge is 0.505 e. The van der Waals surface area contributed by atoms with Crippen LogP contribution in [0, 0.1) is 5.92 Å². The summed E-state index contributed by atoms with van der Waals surface area (Å²) in [5, 5.41) is 8.26. The molecule has 1 unspecified atom stereocenters. The standard InChI is InChI=1S/C9H18O3.Cu/c1-3-5-6-8(4-2)7-12-9(10)11;/h8H,3-7H2,1-2H3,(H,10,11);. The van der Waals surface area contributed by atoms with Crippen LogP contribution in [0.4, 0.5) is 4.79 Å². The predicted molar refractivity (Wildman–Crippen MR) is 47.3 cm³/mol. The minimum atomic E-state index is -1.16. The minimum Gasteiger partial charge on any atom is -0.450 e. The summed E-state index contributed by atoms with van der Waals surface area (Å²) in [6.07, 6.45) is 3.21. The fourth-order valence-corrected chi connectivity index (χ4v) is 1.09. The Morgan fingerprint density at radius 2 is 2.08 bits per heavy atom. The van der Waals surface area contributed by atoms with Crippen molar-refractivity contribution in [1.29, 1.82) is 0 Å². The SMILES string of the molecule is CCCCC(CC)COC(=O)O.[Cu]. The van der Waals surface area contributed by atoms with E-state index in [-0.39, 0.29) is 17.1 Å². The fraction of sp³-hybridized carbons (Fsp3) is 0.889. The third kappa shape index (κ3) is 9.71. The Morgan fingerprint density at radius 3 is 2.46 bits per heavy atom. The maximum Gasteiger partial charge on any atom is 0.505 e. The van der Waals surface area contributed by atoms with E-state index in [1.54, 1.807) is 0 Å². The van der Waals surface area contributed by atoms with E-state index >= 15 is 0 Å². The van der Waals surface area contributed by atoms with Gasteiger partial charge >= 0.3 is 6.16 Å². The molecule has 0 aliphatic rings. The Labute approximate surface area is 90.3 Å². The van der Waals surface area contributed by atoms with Crippen LogP contribution in [0.25, 0.3) is 0 Å². The summed E-state index contributed by atoms with van der Waals surface area (Å²) in [7, 11) is 0. The van der Waals surface area contributed by atoms with Crippen molar-refractivity contribution in [3.8, 4) is 0 Å². The molecule has 0 aromatic carbocycles. The van der Waals surface area contributed by atoms with E-state index in [0.29, 0.717) is 12.5 Å². The maximum atomic E-state index is 10.1. The van der Waals surface area contributed by atoms with Gasteiger partial charge in [-0.25, -0.2) is 4.79 Å². The maximum absolute atomic E-state index is 10.1. The number of carbonyl (C=O) groups is 1. The number of hydrogen-bond acceptors (Lipinski definition) is 2. The molecule has 3 nitrogen and oxygen atoms in total. The van der Waals surface area contributed by atoms with Gasteiger partial charge in [0.2, 0.25) is 0 Å². The van der Waals surface area contributed by atoms with Crippen LogP contribution in [0.15, 0.2) is 0 Å². The van der Waals surface area contributed by atoms with Crippen LogP contribution in [-0.4, -0.2) is 17.9 Å². The van der Waals surface area contributed by atoms with E-state index in [2.05, 4.69) is 18.6 Å². The number of ether oxygens (including phenoxy) is 1. The number of hydrogen-bond donors (Lipinski definition) is 1. The molecule has 0 aromatic rings. The molecular weight excluding hydrogens is 220 g/mol. The predicted octanol–water partition coefficient (Wildman–Crippen LogP) is 2.89. The summed E-state index contributed by atoms with van der Waals surface area (Å²) in [5.74, 6) is 0.404. The normalized spacial score (nSPS) is 11.5. The zero-order chi connectivity index (χ0) is 9.40. The van der Waals surface area contributed by atoms with Gasteiger partial charge in [-0.05, 0) is 12.3 Å². The first-order valence-corrected chi connectivity index (χ1v) is 4.56. The number of rotatable bonds is 6. The van der Waals surface area contributed by atoms with Gasteiger partial charge in [0.05, 0.1) is 6.61 Å². The van der Waals surface area contributed by atoms with E-state index in [9.17, 15) is 4.79 Å². The Bertz CT molecular complexity index is 128. The second kappa shape index (κ2) is 9.87. The molecule has 0 heterocycles. The van der Waals surface area contributed by atoms with Crippen LogP contribution in [0.5, 0.6) is 0 Å². The molecule has 83 valence electrons. The van der Waals surface area contributed by atoms with Crippen molar-refractivity contribution in [2.24, 2.45) is 5.92 Å². The summed E-state index contributed by atoms with van der Waals surface area (Å²) < 4.78 is 4.51. The molecule has 0 amide bonds. The molecule has 1 atom stereocenters. The van der Waals surface area contributed by atoms with Gasteiger partial charge in [-0.15, -0.1) is 0 Å². The Morgan fingerprint density at radius 1 is 1.46 bits per heavy atom. The average molecular weight is 238 g/mol. The summed E-state index contributed by atoms with van der Waals surface area (Å²) >= 11 is 0. The van der Waals surface area contributed by atoms with Crippen LogP contribution < -0.4 is 0 Å². The molecule has 4 heteroatoms. The average Bonchev–Trinajstić information content (AvgIpc) is 2.05. The third-order valence-electron chi connectivity index (χ3n) is 1.99. The molecule has 13 heavy (non-hydrogen) atoms. The first-order valence-electron chi connectivity index (χ1n) is 4.56. The van der Waals surface area contributed by atoms with Crippen molar-refractivity contribution < 1.29 is 31.7 Å². The monoisotopic (exact) mass is 237 g/mol. The second-order valence-electron chi connectivity index (χ2n) is 2.99. The van der Waals surface area contributed by atoms with Crippen molar-refractivity contribution in [2.45, 2.75) is 39.5 Å². The molecule has 0 saturated heterocycles. The molecule has 0 spiro atoms. The Balaban J connectivity index is 0. The molecule has 1 radical (unpaired) electrons. The summed E-state index contributed by atoms with van der Waals surface area (Å²) in [4.78, 5) is 10.1. The van der Waals surface area contributed by atoms with Crippen molar-refractivity contribution in [3.05, 3.63) is 0 Å². The number of carboxylic acid groups (broad SMARTS) is 1. The smallest absolute Gasteiger partial charge is 0.450 e. The summed E-state index contributed by atoms with van der Waals surface area (Å²) in [6.45, 7) is 4.54. The van der Waals surface area contributed by atoms with Gasteiger partial charge in [0.1, 0.15) is 0 Å². The molecule has 0 aliphatic heterocycles. The first-order chi connectivity index (χ1) is 5.70. The van der Waals surface area contributed by atoms with Gasteiger partial charge in [-0.3, -0.25) is 0 Å². The molecule has 0 aliphatic carbocycles. The first kappa shape index (κ1) is 15.3. The van der Waals surface area contributed by atoms with E-state index in [1.165, 1.54) is 0 Å². The summed E-state index contributed by atoms with van der Waals surface area (Å²) in [5.41, 5.74) is 0. The topological polar surface area (TPSA) is 46.5 Å². The van der Waals surface area contributed by atoms with Gasteiger partial charge in [0, 0.05) is 17.1 Å². The van der Waals surface area contributed by atoms with Crippen LogP contribution in [0.1, 0.15) is 39.5 Å². The molecule has 0 aromatic heterocycles. The van der Waals surface area contributed by atoms with Crippen molar-refractivity contribution in [2.75, 3.05) is 6.61 Å². The van der Waals surface area contributed by atoms with Crippen molar-refractivity contribution >= 4 is 6.16 Å². The zero-order valence-electron chi connectivity index (χ0n) is 8.18. The molecular formula is C9H18CuO3. The second-order valence-corrected chi connectivity index (χ2v) is 2.99. The van der Waals surface area contributed by atoms with Crippen LogP contribution >= 0.6 is 0 Å². The Kier molecular flexibility index (Phi) is 11.6. The minimum absolute atomic E-state index is 0. The van der Waals surface area contributed by atoms with Gasteiger partial charge < -0.3 is 9.84 Å². The van der Waals surface area contributed by atoms with Gasteiger partial charge in [-0.1, -0.05) is 33.1 Å². The van der Waals surface area contributed by atoms with Crippen LogP contribution in [0.3, 0.4) is 0 Å². The quantitative estimate of drug-likeness (QED) is 0.571. The fourth-order valence-electron chi connectivity index (χ4n) is 1.09. The third-order valence-corrected chi connectivity index (χ3v) is 1.99. The van der Waals surface area contributed by atoms with Crippen LogP contribution in [0.2, 0.25) is 0 Å². The Hall–Kier alpha value is -0.211. The number of unbranched alkanes of at least 4 members (excludes halogenated alkanes) is 1. The van der Waals surface area contributed by atoms with Crippen molar-refractivity contribution in [1.82, 2.24) is 0 Å². The molecule has 1 N–H and O–H groups in total. The molecule has 0 rings (SSSR count). The van der Waals surface area contributed by atoms with Crippen molar-refractivity contribution in [3.63, 3.8) is 0 Å². The zero-order valence-corrected chi connectivity index (χ0v) is 9.12. The molecule has 0 saturated carbocycles. The van der Waals surface area contributed by atoms with E-state index < -0.39 is 6.16 Å². The van der Waals surface area contributed by atoms with E-state index in [4.69, 9.17) is 5.11 Å². The molecule has 0 bridgehead atoms. The van der Waals surface area contributed by atoms with Gasteiger partial charge in [-0.2, -0.15) is 0 Å². The van der Waals surface area contributed by atoms with Crippen LogP contribution in [-0.2, 0) is 21.8 Å².